The molecule has 0 unspecified atom stereocenters. The minimum atomic E-state index is -0.966. The molecule has 0 saturated heterocycles. The second-order valence-electron chi connectivity index (χ2n) is 5.13. The van der Waals surface area contributed by atoms with E-state index in [2.05, 4.69) is 18.7 Å². The van der Waals surface area contributed by atoms with Crippen molar-refractivity contribution in [3.05, 3.63) is 23.8 Å². The minimum Gasteiger partial charge on any atom is -0.478 e. The zero-order valence-electron chi connectivity index (χ0n) is 12.4. The zero-order valence-corrected chi connectivity index (χ0v) is 12.4. The molecule has 1 aromatic rings. The summed E-state index contributed by atoms with van der Waals surface area (Å²) in [4.78, 5) is 13.0. The van der Waals surface area contributed by atoms with E-state index in [9.17, 15) is 4.79 Å². The summed E-state index contributed by atoms with van der Waals surface area (Å²) in [5.41, 5.74) is 7.48. The van der Waals surface area contributed by atoms with Crippen LogP contribution in [0.5, 0.6) is 0 Å². The molecule has 20 heavy (non-hydrogen) atoms. The Kier molecular flexibility index (Phi) is 6.31. The maximum absolute atomic E-state index is 10.9. The Labute approximate surface area is 120 Å². The van der Waals surface area contributed by atoms with E-state index >= 15 is 0 Å². The Morgan fingerprint density at radius 3 is 2.65 bits per heavy atom. The number of carboxylic acid groups (broad SMARTS) is 1. The van der Waals surface area contributed by atoms with Gasteiger partial charge in [-0.25, -0.2) is 4.79 Å². The van der Waals surface area contributed by atoms with Gasteiger partial charge in [0.25, 0.3) is 0 Å². The number of carbonyl (C=O) groups is 1. The second-order valence-corrected chi connectivity index (χ2v) is 5.13. The predicted molar refractivity (Wildman–Crippen MR) is 81.4 cm³/mol. The molecule has 0 heterocycles. The van der Waals surface area contributed by atoms with E-state index in [4.69, 9.17) is 15.6 Å². The van der Waals surface area contributed by atoms with Crippen molar-refractivity contribution in [2.45, 2.75) is 20.8 Å². The lowest BCUT2D eigenvalue weighted by molar-refractivity contribution is 0.0697. The molecule has 0 saturated carbocycles. The summed E-state index contributed by atoms with van der Waals surface area (Å²) < 4.78 is 5.57. The number of carboxylic acids is 1. The maximum atomic E-state index is 10.9. The van der Waals surface area contributed by atoms with Crippen LogP contribution in [-0.4, -0.2) is 37.4 Å². The highest BCUT2D eigenvalue weighted by molar-refractivity contribution is 5.90. The number of hydrogen-bond donors (Lipinski definition) is 2. The number of ether oxygens (including phenoxy) is 1. The number of hydrogen-bond acceptors (Lipinski definition) is 4. The van der Waals surface area contributed by atoms with Crippen molar-refractivity contribution in [3.8, 4) is 0 Å². The van der Waals surface area contributed by atoms with E-state index in [1.165, 1.54) is 6.07 Å². The van der Waals surface area contributed by atoms with Crippen LogP contribution >= 0.6 is 0 Å². The summed E-state index contributed by atoms with van der Waals surface area (Å²) in [5, 5.41) is 8.93. The van der Waals surface area contributed by atoms with Crippen LogP contribution in [0.1, 0.15) is 31.1 Å². The van der Waals surface area contributed by atoms with Crippen LogP contribution in [0.25, 0.3) is 0 Å². The number of anilines is 2. The van der Waals surface area contributed by atoms with Gasteiger partial charge in [0.05, 0.1) is 23.5 Å². The third kappa shape index (κ3) is 4.74. The van der Waals surface area contributed by atoms with Crippen molar-refractivity contribution in [3.63, 3.8) is 0 Å². The van der Waals surface area contributed by atoms with Crippen LogP contribution in [-0.2, 0) is 4.74 Å². The highest BCUT2D eigenvalue weighted by Crippen LogP contribution is 2.24. The SMILES string of the molecule is CCN(CCOCC(C)C)c1ccc(C(=O)O)cc1N. The molecule has 0 aliphatic rings. The number of nitrogen functional groups attached to an aromatic ring is 1. The first kappa shape index (κ1) is 16.3. The van der Waals surface area contributed by atoms with E-state index in [-0.39, 0.29) is 5.56 Å². The molecule has 0 aromatic heterocycles. The van der Waals surface area contributed by atoms with Crippen molar-refractivity contribution in [2.24, 2.45) is 5.92 Å². The molecular formula is C15H24N2O3. The van der Waals surface area contributed by atoms with Gasteiger partial charge in [-0.3, -0.25) is 0 Å². The Hall–Kier alpha value is -1.75. The first-order valence-corrected chi connectivity index (χ1v) is 6.91. The number of nitrogens with zero attached hydrogens (tertiary/aromatic N) is 1. The van der Waals surface area contributed by atoms with E-state index in [1.54, 1.807) is 12.1 Å². The monoisotopic (exact) mass is 280 g/mol. The molecule has 0 atom stereocenters. The van der Waals surface area contributed by atoms with Gasteiger partial charge in [0.2, 0.25) is 0 Å². The first-order valence-electron chi connectivity index (χ1n) is 6.91. The average Bonchev–Trinajstić information content (AvgIpc) is 2.39. The van der Waals surface area contributed by atoms with Gasteiger partial charge in [-0.2, -0.15) is 0 Å². The molecular weight excluding hydrogens is 256 g/mol. The third-order valence-electron chi connectivity index (χ3n) is 2.95. The molecule has 0 spiro atoms. The molecule has 112 valence electrons. The van der Waals surface area contributed by atoms with Gasteiger partial charge in [0.15, 0.2) is 0 Å². The van der Waals surface area contributed by atoms with Gasteiger partial charge >= 0.3 is 5.97 Å². The van der Waals surface area contributed by atoms with Gasteiger partial charge < -0.3 is 20.5 Å². The van der Waals surface area contributed by atoms with Crippen molar-refractivity contribution in [1.29, 1.82) is 0 Å². The summed E-state index contributed by atoms with van der Waals surface area (Å²) in [7, 11) is 0. The summed E-state index contributed by atoms with van der Waals surface area (Å²) >= 11 is 0. The van der Waals surface area contributed by atoms with Crippen LogP contribution in [0, 0.1) is 5.92 Å². The predicted octanol–water partition coefficient (Wildman–Crippen LogP) is 2.47. The molecule has 0 bridgehead atoms. The largest absolute Gasteiger partial charge is 0.478 e. The topological polar surface area (TPSA) is 75.8 Å². The highest BCUT2D eigenvalue weighted by atomic mass is 16.5. The highest BCUT2D eigenvalue weighted by Gasteiger charge is 2.11. The third-order valence-corrected chi connectivity index (χ3v) is 2.95. The Morgan fingerprint density at radius 2 is 2.15 bits per heavy atom. The fourth-order valence-corrected chi connectivity index (χ4v) is 1.92. The van der Waals surface area contributed by atoms with E-state index in [0.29, 0.717) is 18.2 Å². The lowest BCUT2D eigenvalue weighted by atomic mass is 10.1. The van der Waals surface area contributed by atoms with Gasteiger partial charge in [-0.05, 0) is 31.0 Å². The van der Waals surface area contributed by atoms with Crippen LogP contribution < -0.4 is 10.6 Å². The molecule has 0 aliphatic carbocycles. The van der Waals surface area contributed by atoms with Gasteiger partial charge in [0.1, 0.15) is 0 Å². The molecule has 0 amide bonds. The van der Waals surface area contributed by atoms with E-state index in [1.807, 2.05) is 6.92 Å². The average molecular weight is 280 g/mol. The normalized spacial score (nSPS) is 10.8. The van der Waals surface area contributed by atoms with Crippen LogP contribution in [0.15, 0.2) is 18.2 Å². The maximum Gasteiger partial charge on any atom is 0.335 e. The van der Waals surface area contributed by atoms with Gasteiger partial charge in [0, 0.05) is 19.7 Å². The van der Waals surface area contributed by atoms with Crippen molar-refractivity contribution < 1.29 is 14.6 Å². The Morgan fingerprint density at radius 1 is 1.45 bits per heavy atom. The molecule has 1 rings (SSSR count). The summed E-state index contributed by atoms with van der Waals surface area (Å²) in [5.74, 6) is -0.448. The van der Waals surface area contributed by atoms with E-state index in [0.717, 1.165) is 25.4 Å². The van der Waals surface area contributed by atoms with Crippen LogP contribution in [0.3, 0.4) is 0 Å². The number of rotatable bonds is 8. The Balaban J connectivity index is 2.67. The minimum absolute atomic E-state index is 0.207. The van der Waals surface area contributed by atoms with Crippen molar-refractivity contribution in [1.82, 2.24) is 0 Å². The fourth-order valence-electron chi connectivity index (χ4n) is 1.92. The molecule has 1 aromatic carbocycles. The second kappa shape index (κ2) is 7.75. The lowest BCUT2D eigenvalue weighted by Crippen LogP contribution is -2.28. The van der Waals surface area contributed by atoms with Gasteiger partial charge in [-0.15, -0.1) is 0 Å². The fraction of sp³-hybridized carbons (Fsp3) is 0.533. The number of aromatic carboxylic acids is 1. The molecule has 0 aliphatic heterocycles. The van der Waals surface area contributed by atoms with Crippen molar-refractivity contribution in [2.75, 3.05) is 36.9 Å². The van der Waals surface area contributed by atoms with Crippen LogP contribution in [0.4, 0.5) is 11.4 Å². The quantitative estimate of drug-likeness (QED) is 0.565. The Bertz CT molecular complexity index is 447. The number of benzene rings is 1. The molecule has 0 fully saturated rings. The first-order chi connectivity index (χ1) is 9.45. The summed E-state index contributed by atoms with van der Waals surface area (Å²) in [6.45, 7) is 9.16. The molecule has 0 radical (unpaired) electrons. The number of nitrogens with two attached hydrogens (primary N) is 1. The summed E-state index contributed by atoms with van der Waals surface area (Å²) in [6.07, 6.45) is 0. The zero-order chi connectivity index (χ0) is 15.1. The summed E-state index contributed by atoms with van der Waals surface area (Å²) in [6, 6.07) is 4.83. The van der Waals surface area contributed by atoms with Crippen molar-refractivity contribution >= 4 is 17.3 Å². The molecule has 5 nitrogen and oxygen atoms in total. The smallest absolute Gasteiger partial charge is 0.335 e. The molecule has 5 heteroatoms. The number of likely N-dealkylation sites (N-methyl/N-ethyl adjacent to an activating group) is 1. The van der Waals surface area contributed by atoms with Crippen LogP contribution in [0.2, 0.25) is 0 Å². The van der Waals surface area contributed by atoms with Gasteiger partial charge in [-0.1, -0.05) is 13.8 Å². The molecule has 3 N–H and O–H groups in total. The lowest BCUT2D eigenvalue weighted by Gasteiger charge is -2.25. The standard InChI is InChI=1S/C15H24N2O3/c1-4-17(7-8-20-10-11(2)3)14-6-5-12(15(18)19)9-13(14)16/h5-6,9,11H,4,7-8,10,16H2,1-3H3,(H,18,19). The van der Waals surface area contributed by atoms with E-state index < -0.39 is 5.97 Å².